The summed E-state index contributed by atoms with van der Waals surface area (Å²) in [5.41, 5.74) is 4.12. The van der Waals surface area contributed by atoms with Crippen molar-refractivity contribution in [2.24, 2.45) is 0 Å². The van der Waals surface area contributed by atoms with Crippen molar-refractivity contribution in [3.8, 4) is 5.75 Å². The highest BCUT2D eigenvalue weighted by atomic mass is 16.6. The van der Waals surface area contributed by atoms with Crippen LogP contribution in [-0.2, 0) is 13.0 Å². The number of carbonyl (C=O) groups is 1. The molecule has 1 fully saturated rings. The van der Waals surface area contributed by atoms with Gasteiger partial charge in [-0.05, 0) is 30.2 Å². The topological polar surface area (TPSA) is 51.8 Å². The van der Waals surface area contributed by atoms with E-state index >= 15 is 0 Å². The van der Waals surface area contributed by atoms with E-state index in [1.807, 2.05) is 30.3 Å². The molecule has 0 bridgehead atoms. The fourth-order valence-electron chi connectivity index (χ4n) is 4.53. The van der Waals surface area contributed by atoms with Gasteiger partial charge in [-0.25, -0.2) is 4.79 Å². The molecule has 5 rings (SSSR count). The third kappa shape index (κ3) is 4.06. The molecule has 6 nitrogen and oxygen atoms in total. The molecular weight excluding hydrogens is 376 g/mol. The van der Waals surface area contributed by atoms with E-state index in [2.05, 4.69) is 39.0 Å². The number of rotatable bonds is 4. The summed E-state index contributed by atoms with van der Waals surface area (Å²) < 4.78 is 5.46. The van der Waals surface area contributed by atoms with E-state index in [1.54, 1.807) is 4.90 Å². The Hall–Kier alpha value is -2.83. The second-order valence-electron chi connectivity index (χ2n) is 8.16. The van der Waals surface area contributed by atoms with E-state index in [9.17, 15) is 4.79 Å². The van der Waals surface area contributed by atoms with Gasteiger partial charge in [0.1, 0.15) is 5.75 Å². The Labute approximate surface area is 177 Å². The van der Waals surface area contributed by atoms with E-state index in [-0.39, 0.29) is 6.09 Å². The summed E-state index contributed by atoms with van der Waals surface area (Å²) in [6.45, 7) is 7.44. The molecule has 1 saturated heterocycles. The molecule has 1 aromatic heterocycles. The van der Waals surface area contributed by atoms with Crippen LogP contribution in [-0.4, -0.2) is 71.6 Å². The zero-order valence-corrected chi connectivity index (χ0v) is 17.2. The quantitative estimate of drug-likeness (QED) is 0.725. The Morgan fingerprint density at radius 3 is 2.43 bits per heavy atom. The van der Waals surface area contributed by atoms with Crippen molar-refractivity contribution in [3.63, 3.8) is 0 Å². The van der Waals surface area contributed by atoms with E-state index in [0.29, 0.717) is 5.75 Å². The molecule has 3 aromatic rings. The lowest BCUT2D eigenvalue weighted by atomic mass is 10.0. The molecule has 0 spiro atoms. The smallest absolute Gasteiger partial charge is 0.410 e. The Kier molecular flexibility index (Phi) is 5.43. The number of ether oxygens (including phenoxy) is 1. The molecule has 0 saturated carbocycles. The van der Waals surface area contributed by atoms with Gasteiger partial charge < -0.3 is 14.6 Å². The fraction of sp³-hybridized carbons (Fsp3) is 0.375. The number of piperazine rings is 1. The van der Waals surface area contributed by atoms with Gasteiger partial charge in [0.05, 0.1) is 0 Å². The summed E-state index contributed by atoms with van der Waals surface area (Å²) in [5.74, 6) is 0.603. The maximum atomic E-state index is 12.3. The van der Waals surface area contributed by atoms with Crippen molar-refractivity contribution in [1.29, 1.82) is 0 Å². The maximum Gasteiger partial charge on any atom is 0.415 e. The van der Waals surface area contributed by atoms with Gasteiger partial charge in [-0.15, -0.1) is 0 Å². The first-order valence-electron chi connectivity index (χ1n) is 10.8. The normalized spacial score (nSPS) is 17.8. The number of nitrogens with one attached hydrogen (secondary N) is 1. The SMILES string of the molecule is O=C(Oc1ccccc1)N1CCN(CCN2CCc3c([nH]c4ccccc34)C2)CC1. The summed E-state index contributed by atoms with van der Waals surface area (Å²) in [4.78, 5) is 22.7. The third-order valence-corrected chi connectivity index (χ3v) is 6.27. The lowest BCUT2D eigenvalue weighted by molar-refractivity contribution is 0.102. The van der Waals surface area contributed by atoms with Crippen LogP contribution in [0.15, 0.2) is 54.6 Å². The van der Waals surface area contributed by atoms with Crippen molar-refractivity contribution in [2.75, 3.05) is 45.8 Å². The summed E-state index contributed by atoms with van der Waals surface area (Å²) >= 11 is 0. The monoisotopic (exact) mass is 404 g/mol. The van der Waals surface area contributed by atoms with Crippen LogP contribution < -0.4 is 4.74 Å². The predicted octanol–water partition coefficient (Wildman–Crippen LogP) is 3.34. The van der Waals surface area contributed by atoms with Crippen LogP contribution in [0.3, 0.4) is 0 Å². The van der Waals surface area contributed by atoms with E-state index in [0.717, 1.165) is 58.8 Å². The van der Waals surface area contributed by atoms with Crippen LogP contribution in [0, 0.1) is 0 Å². The lowest BCUT2D eigenvalue weighted by Crippen LogP contribution is -2.51. The first kappa shape index (κ1) is 19.2. The highest BCUT2D eigenvalue weighted by Gasteiger charge is 2.24. The van der Waals surface area contributed by atoms with Crippen LogP contribution in [0.25, 0.3) is 10.9 Å². The highest BCUT2D eigenvalue weighted by molar-refractivity contribution is 5.84. The Morgan fingerprint density at radius 1 is 0.867 bits per heavy atom. The Morgan fingerprint density at radius 2 is 1.60 bits per heavy atom. The molecule has 156 valence electrons. The summed E-state index contributed by atoms with van der Waals surface area (Å²) in [6.07, 6.45) is 0.863. The van der Waals surface area contributed by atoms with E-state index in [1.165, 1.54) is 22.2 Å². The van der Waals surface area contributed by atoms with Gasteiger partial charge in [0.2, 0.25) is 0 Å². The van der Waals surface area contributed by atoms with Crippen LogP contribution in [0.4, 0.5) is 4.79 Å². The van der Waals surface area contributed by atoms with E-state index < -0.39 is 0 Å². The van der Waals surface area contributed by atoms with Crippen LogP contribution >= 0.6 is 0 Å². The first-order chi connectivity index (χ1) is 14.8. The molecule has 6 heteroatoms. The van der Waals surface area contributed by atoms with Crippen LogP contribution in [0.2, 0.25) is 0 Å². The minimum absolute atomic E-state index is 0.247. The molecule has 1 N–H and O–H groups in total. The third-order valence-electron chi connectivity index (χ3n) is 6.27. The van der Waals surface area contributed by atoms with Gasteiger partial charge in [0.15, 0.2) is 0 Å². The summed E-state index contributed by atoms with van der Waals surface area (Å²) in [5, 5.41) is 1.38. The van der Waals surface area contributed by atoms with Crippen molar-refractivity contribution in [3.05, 3.63) is 65.9 Å². The average molecular weight is 405 g/mol. The molecule has 2 aromatic carbocycles. The molecule has 0 aliphatic carbocycles. The summed E-state index contributed by atoms with van der Waals surface area (Å²) in [6, 6.07) is 17.9. The molecular formula is C24H28N4O2. The number of H-pyrrole nitrogens is 1. The number of para-hydroxylation sites is 2. The van der Waals surface area contributed by atoms with Gasteiger partial charge in [0, 0.05) is 69.0 Å². The minimum Gasteiger partial charge on any atom is -0.410 e. The number of aromatic nitrogens is 1. The number of hydrogen-bond donors (Lipinski definition) is 1. The van der Waals surface area contributed by atoms with Crippen molar-refractivity contribution in [2.45, 2.75) is 13.0 Å². The number of carbonyl (C=O) groups excluding carboxylic acids is 1. The van der Waals surface area contributed by atoms with Gasteiger partial charge in [-0.2, -0.15) is 0 Å². The largest absolute Gasteiger partial charge is 0.415 e. The number of fused-ring (bicyclic) bond motifs is 3. The van der Waals surface area contributed by atoms with Gasteiger partial charge in [-0.1, -0.05) is 36.4 Å². The van der Waals surface area contributed by atoms with Crippen LogP contribution in [0.5, 0.6) is 5.75 Å². The second-order valence-corrected chi connectivity index (χ2v) is 8.16. The second kappa shape index (κ2) is 8.50. The number of amides is 1. The molecule has 0 atom stereocenters. The average Bonchev–Trinajstić information content (AvgIpc) is 3.16. The van der Waals surface area contributed by atoms with Gasteiger partial charge in [0.25, 0.3) is 0 Å². The number of nitrogens with zero attached hydrogens (tertiary/aromatic N) is 3. The van der Waals surface area contributed by atoms with Crippen LogP contribution in [0.1, 0.15) is 11.3 Å². The molecule has 0 radical (unpaired) electrons. The number of aromatic amines is 1. The lowest BCUT2D eigenvalue weighted by Gasteiger charge is -2.35. The van der Waals surface area contributed by atoms with Crippen molar-refractivity contribution >= 4 is 17.0 Å². The standard InChI is InChI=1S/C24H28N4O2/c29-24(30-19-6-2-1-3-7-19)28-16-14-26(15-17-28)12-13-27-11-10-21-20-8-4-5-9-22(20)25-23(21)18-27/h1-9,25H,10-18H2. The summed E-state index contributed by atoms with van der Waals surface area (Å²) in [7, 11) is 0. The van der Waals surface area contributed by atoms with E-state index in [4.69, 9.17) is 4.74 Å². The predicted molar refractivity (Wildman–Crippen MR) is 118 cm³/mol. The maximum absolute atomic E-state index is 12.3. The Bertz CT molecular complexity index is 1010. The Balaban J connectivity index is 1.09. The van der Waals surface area contributed by atoms with Crippen molar-refractivity contribution in [1.82, 2.24) is 19.7 Å². The number of benzene rings is 2. The first-order valence-corrected chi connectivity index (χ1v) is 10.8. The molecule has 1 amide bonds. The molecule has 2 aliphatic rings. The minimum atomic E-state index is -0.247. The zero-order chi connectivity index (χ0) is 20.3. The fourth-order valence-corrected chi connectivity index (χ4v) is 4.53. The molecule has 2 aliphatic heterocycles. The number of hydrogen-bond acceptors (Lipinski definition) is 4. The molecule has 3 heterocycles. The highest BCUT2D eigenvalue weighted by Crippen LogP contribution is 2.27. The van der Waals surface area contributed by atoms with Gasteiger partial charge in [-0.3, -0.25) is 9.80 Å². The molecule has 30 heavy (non-hydrogen) atoms. The zero-order valence-electron chi connectivity index (χ0n) is 17.2. The molecule has 0 unspecified atom stereocenters. The van der Waals surface area contributed by atoms with Gasteiger partial charge >= 0.3 is 6.09 Å². The van der Waals surface area contributed by atoms with Crippen molar-refractivity contribution < 1.29 is 9.53 Å².